The minimum atomic E-state index is -1.10. The molecule has 70 valence electrons. The Kier molecular flexibility index (Phi) is 2.81. The molecule has 5 heteroatoms. The highest BCUT2D eigenvalue weighted by molar-refractivity contribution is 5.76. The Balaban J connectivity index is 2.79. The molecule has 1 heterocycles. The Hall–Kier alpha value is -1.62. The molecule has 13 heavy (non-hydrogen) atoms. The molecule has 0 aromatic carbocycles. The van der Waals surface area contributed by atoms with E-state index in [1.165, 1.54) is 19.2 Å². The summed E-state index contributed by atoms with van der Waals surface area (Å²) in [5.74, 6) is -0.884. The second kappa shape index (κ2) is 3.86. The lowest BCUT2D eigenvalue weighted by molar-refractivity contribution is -0.139. The first kappa shape index (κ1) is 9.47. The average Bonchev–Trinajstić information content (AvgIpc) is 2.17. The highest BCUT2D eigenvalue weighted by Crippen LogP contribution is 2.09. The third kappa shape index (κ3) is 2.16. The van der Waals surface area contributed by atoms with Crippen molar-refractivity contribution in [2.45, 2.75) is 13.0 Å². The monoisotopic (exact) mass is 182 g/mol. The zero-order chi connectivity index (χ0) is 9.84. The van der Waals surface area contributed by atoms with Crippen molar-refractivity contribution in [3.05, 3.63) is 24.4 Å². The fraction of sp³-hybridized carbons (Fsp3) is 0.250. The Morgan fingerprint density at radius 1 is 1.62 bits per heavy atom. The number of rotatable bonds is 3. The summed E-state index contributed by atoms with van der Waals surface area (Å²) < 4.78 is 0. The van der Waals surface area contributed by atoms with Gasteiger partial charge < -0.3 is 5.11 Å². The van der Waals surface area contributed by atoms with E-state index in [0.29, 0.717) is 5.06 Å². The maximum absolute atomic E-state index is 10.5. The van der Waals surface area contributed by atoms with Crippen LogP contribution in [0.2, 0.25) is 0 Å². The summed E-state index contributed by atoms with van der Waals surface area (Å²) in [6.07, 6.45) is 1.48. The number of hydrogen-bond donors (Lipinski definition) is 2. The second-order valence-corrected chi connectivity index (χ2v) is 2.55. The van der Waals surface area contributed by atoms with Crippen molar-refractivity contribution in [3.63, 3.8) is 0 Å². The van der Waals surface area contributed by atoms with Gasteiger partial charge >= 0.3 is 5.97 Å². The van der Waals surface area contributed by atoms with Gasteiger partial charge in [-0.1, -0.05) is 6.07 Å². The highest BCUT2D eigenvalue weighted by Gasteiger charge is 2.19. The predicted molar refractivity (Wildman–Crippen MR) is 45.6 cm³/mol. The summed E-state index contributed by atoms with van der Waals surface area (Å²) in [7, 11) is 0. The first-order valence-electron chi connectivity index (χ1n) is 3.75. The summed E-state index contributed by atoms with van der Waals surface area (Å²) in [6.45, 7) is 1.37. The topological polar surface area (TPSA) is 73.7 Å². The van der Waals surface area contributed by atoms with Crippen LogP contribution in [0.15, 0.2) is 24.4 Å². The van der Waals surface area contributed by atoms with Crippen LogP contribution in [0, 0.1) is 0 Å². The Morgan fingerprint density at radius 3 is 2.77 bits per heavy atom. The first-order valence-corrected chi connectivity index (χ1v) is 3.75. The lowest BCUT2D eigenvalue weighted by atomic mass is 10.3. The number of anilines is 1. The average molecular weight is 182 g/mol. The third-order valence-electron chi connectivity index (χ3n) is 1.61. The van der Waals surface area contributed by atoms with Gasteiger partial charge in [-0.15, -0.1) is 0 Å². The summed E-state index contributed by atoms with van der Waals surface area (Å²) in [5.41, 5.74) is 0. The summed E-state index contributed by atoms with van der Waals surface area (Å²) >= 11 is 0. The van der Waals surface area contributed by atoms with Gasteiger partial charge in [-0.3, -0.25) is 5.21 Å². The minimum Gasteiger partial charge on any atom is -0.480 e. The molecule has 0 saturated carbocycles. The number of pyridine rings is 1. The molecule has 5 nitrogen and oxygen atoms in total. The number of carboxylic acids is 1. The first-order chi connectivity index (χ1) is 6.13. The molecule has 0 aliphatic carbocycles. The number of carbonyl (C=O) groups is 1. The van der Waals surface area contributed by atoms with E-state index in [1.54, 1.807) is 12.1 Å². The molecule has 2 N–H and O–H groups in total. The van der Waals surface area contributed by atoms with Crippen LogP contribution in [0.1, 0.15) is 6.92 Å². The number of aliphatic carboxylic acids is 1. The number of aromatic nitrogens is 1. The van der Waals surface area contributed by atoms with Crippen LogP contribution in [-0.2, 0) is 4.79 Å². The van der Waals surface area contributed by atoms with Crippen molar-refractivity contribution in [2.75, 3.05) is 5.06 Å². The largest absolute Gasteiger partial charge is 0.480 e. The SMILES string of the molecule is C[C@@H](C(=O)O)N(O)c1ccccn1. The molecule has 1 aromatic rings. The van der Waals surface area contributed by atoms with Gasteiger partial charge in [0.1, 0.15) is 0 Å². The van der Waals surface area contributed by atoms with Crippen molar-refractivity contribution in [2.24, 2.45) is 0 Å². The molecule has 0 amide bonds. The molecule has 0 bridgehead atoms. The van der Waals surface area contributed by atoms with E-state index in [9.17, 15) is 10.0 Å². The molecule has 0 fully saturated rings. The van der Waals surface area contributed by atoms with Crippen LogP contribution >= 0.6 is 0 Å². The normalized spacial score (nSPS) is 12.2. The van der Waals surface area contributed by atoms with Crippen molar-refractivity contribution in [3.8, 4) is 0 Å². The predicted octanol–water partition coefficient (Wildman–Crippen LogP) is 0.750. The third-order valence-corrected chi connectivity index (χ3v) is 1.61. The quantitative estimate of drug-likeness (QED) is 0.675. The van der Waals surface area contributed by atoms with Crippen molar-refractivity contribution >= 4 is 11.8 Å². The van der Waals surface area contributed by atoms with Crippen LogP contribution in [0.5, 0.6) is 0 Å². The fourth-order valence-corrected chi connectivity index (χ4v) is 0.792. The Labute approximate surface area is 75.2 Å². The number of hydrogen-bond acceptors (Lipinski definition) is 4. The van der Waals surface area contributed by atoms with Crippen molar-refractivity contribution in [1.82, 2.24) is 4.98 Å². The molecule has 1 aromatic heterocycles. The molecule has 0 radical (unpaired) electrons. The van der Waals surface area contributed by atoms with Gasteiger partial charge in [-0.25, -0.2) is 14.8 Å². The molecule has 0 spiro atoms. The number of hydroxylamine groups is 1. The maximum atomic E-state index is 10.5. The standard InChI is InChI=1S/C8H10N2O3/c1-6(8(11)12)10(13)7-4-2-3-5-9-7/h2-6,13H,1H3,(H,11,12)/t6-/m0/s1. The van der Waals surface area contributed by atoms with E-state index in [4.69, 9.17) is 5.11 Å². The van der Waals surface area contributed by atoms with Crippen LogP contribution in [0.3, 0.4) is 0 Å². The van der Waals surface area contributed by atoms with E-state index < -0.39 is 12.0 Å². The van der Waals surface area contributed by atoms with E-state index in [1.807, 2.05) is 0 Å². The molecular weight excluding hydrogens is 172 g/mol. The van der Waals surface area contributed by atoms with Crippen LogP contribution in [0.25, 0.3) is 0 Å². The summed E-state index contributed by atoms with van der Waals surface area (Å²) in [4.78, 5) is 14.3. The van der Waals surface area contributed by atoms with E-state index in [2.05, 4.69) is 4.98 Å². The van der Waals surface area contributed by atoms with Crippen molar-refractivity contribution < 1.29 is 15.1 Å². The molecule has 0 aliphatic heterocycles. The highest BCUT2D eigenvalue weighted by atomic mass is 16.5. The molecule has 0 unspecified atom stereocenters. The Bertz CT molecular complexity index is 289. The number of carboxylic acid groups (broad SMARTS) is 1. The molecule has 0 aliphatic rings. The van der Waals surface area contributed by atoms with Crippen LogP contribution in [0.4, 0.5) is 5.82 Å². The zero-order valence-electron chi connectivity index (χ0n) is 7.08. The molecule has 1 atom stereocenters. The van der Waals surface area contributed by atoms with Gasteiger partial charge in [0.15, 0.2) is 11.9 Å². The lowest BCUT2D eigenvalue weighted by Crippen LogP contribution is -2.36. The van der Waals surface area contributed by atoms with Crippen molar-refractivity contribution in [1.29, 1.82) is 0 Å². The van der Waals surface area contributed by atoms with Crippen LogP contribution in [-0.4, -0.2) is 27.3 Å². The van der Waals surface area contributed by atoms with Gasteiger partial charge in [-0.2, -0.15) is 0 Å². The van der Waals surface area contributed by atoms with E-state index in [-0.39, 0.29) is 5.82 Å². The smallest absolute Gasteiger partial charge is 0.328 e. The molecule has 1 rings (SSSR count). The summed E-state index contributed by atoms with van der Waals surface area (Å²) in [5, 5.41) is 18.5. The Morgan fingerprint density at radius 2 is 2.31 bits per heavy atom. The maximum Gasteiger partial charge on any atom is 0.328 e. The molecular formula is C8H10N2O3. The van der Waals surface area contributed by atoms with E-state index in [0.717, 1.165) is 0 Å². The number of nitrogens with zero attached hydrogens (tertiary/aromatic N) is 2. The second-order valence-electron chi connectivity index (χ2n) is 2.55. The van der Waals surface area contributed by atoms with Gasteiger partial charge in [0.05, 0.1) is 0 Å². The van der Waals surface area contributed by atoms with E-state index >= 15 is 0 Å². The van der Waals surface area contributed by atoms with Gasteiger partial charge in [0.25, 0.3) is 0 Å². The summed E-state index contributed by atoms with van der Waals surface area (Å²) in [6, 6.07) is 3.87. The van der Waals surface area contributed by atoms with Crippen LogP contribution < -0.4 is 5.06 Å². The molecule has 0 saturated heterocycles. The zero-order valence-corrected chi connectivity index (χ0v) is 7.08. The van der Waals surface area contributed by atoms with Gasteiger partial charge in [0, 0.05) is 6.20 Å². The minimum absolute atomic E-state index is 0.220. The van der Waals surface area contributed by atoms with Gasteiger partial charge in [-0.05, 0) is 19.1 Å². The fourth-order valence-electron chi connectivity index (χ4n) is 0.792. The lowest BCUT2D eigenvalue weighted by Gasteiger charge is -2.19. The van der Waals surface area contributed by atoms with Gasteiger partial charge in [0.2, 0.25) is 0 Å².